The summed E-state index contributed by atoms with van der Waals surface area (Å²) in [5, 5.41) is 3.15. The number of hydrogen-bond donors (Lipinski definition) is 1. The highest BCUT2D eigenvalue weighted by molar-refractivity contribution is 4.49. The lowest BCUT2D eigenvalue weighted by Gasteiger charge is -2.03. The maximum atomic E-state index is 6.78. The van der Waals surface area contributed by atoms with Crippen molar-refractivity contribution < 1.29 is 0 Å². The van der Waals surface area contributed by atoms with Crippen LogP contribution in [0.4, 0.5) is 0 Å². The molecular formula is C6H15N2. The van der Waals surface area contributed by atoms with Crippen LogP contribution in [-0.4, -0.2) is 19.6 Å². The Kier molecular flexibility index (Phi) is 5.01. The second-order valence-corrected chi connectivity index (χ2v) is 2.35. The van der Waals surface area contributed by atoms with Crippen LogP contribution >= 0.6 is 0 Å². The minimum absolute atomic E-state index is 0.493. The molecule has 0 aliphatic rings. The summed E-state index contributed by atoms with van der Waals surface area (Å²) in [5.41, 5.74) is 6.78. The van der Waals surface area contributed by atoms with E-state index in [1.807, 2.05) is 0 Å². The molecule has 2 heteroatoms. The second-order valence-electron chi connectivity index (χ2n) is 2.35. The molecule has 0 saturated heterocycles. The van der Waals surface area contributed by atoms with Crippen LogP contribution < -0.4 is 11.1 Å². The minimum Gasteiger partial charge on any atom is -0.315 e. The van der Waals surface area contributed by atoms with Crippen LogP contribution in [0.5, 0.6) is 0 Å². The second kappa shape index (κ2) is 5.06. The molecule has 0 aromatic rings. The van der Waals surface area contributed by atoms with E-state index in [-0.39, 0.29) is 0 Å². The first kappa shape index (κ1) is 7.92. The van der Waals surface area contributed by atoms with Gasteiger partial charge in [0.05, 0.1) is 0 Å². The summed E-state index contributed by atoms with van der Waals surface area (Å²) in [7, 11) is 0. The number of rotatable bonds is 4. The van der Waals surface area contributed by atoms with Crippen LogP contribution in [0.15, 0.2) is 0 Å². The Balaban J connectivity index is 2.72. The average Bonchev–Trinajstić information content (AvgIpc) is 1.66. The molecule has 1 radical (unpaired) electrons. The van der Waals surface area contributed by atoms with Crippen LogP contribution in [-0.2, 0) is 0 Å². The van der Waals surface area contributed by atoms with Gasteiger partial charge in [0.1, 0.15) is 0 Å². The Morgan fingerprint density at radius 3 is 2.50 bits per heavy atom. The van der Waals surface area contributed by atoms with Crippen molar-refractivity contribution in [3.8, 4) is 0 Å². The van der Waals surface area contributed by atoms with Gasteiger partial charge in [-0.3, -0.25) is 5.73 Å². The molecule has 0 amide bonds. The highest BCUT2D eigenvalue weighted by Crippen LogP contribution is 1.85. The van der Waals surface area contributed by atoms with Gasteiger partial charge in [-0.25, -0.2) is 0 Å². The van der Waals surface area contributed by atoms with Crippen LogP contribution in [0.25, 0.3) is 0 Å². The molecule has 0 aromatic carbocycles. The molecule has 2 N–H and O–H groups in total. The van der Waals surface area contributed by atoms with Crippen molar-refractivity contribution in [3.05, 3.63) is 0 Å². The van der Waals surface area contributed by atoms with Crippen molar-refractivity contribution in [1.29, 1.82) is 0 Å². The van der Waals surface area contributed by atoms with Gasteiger partial charge in [0.2, 0.25) is 0 Å². The maximum absolute atomic E-state index is 6.78. The highest BCUT2D eigenvalue weighted by atomic mass is 14.9. The van der Waals surface area contributed by atoms with Gasteiger partial charge >= 0.3 is 0 Å². The first-order valence-electron chi connectivity index (χ1n) is 3.12. The van der Waals surface area contributed by atoms with Crippen LogP contribution in [0.3, 0.4) is 0 Å². The summed E-state index contributed by atoms with van der Waals surface area (Å²) in [6.07, 6.45) is 0. The topological polar surface area (TPSA) is 35.8 Å². The van der Waals surface area contributed by atoms with Crippen molar-refractivity contribution >= 4 is 0 Å². The van der Waals surface area contributed by atoms with E-state index in [1.165, 1.54) is 0 Å². The van der Waals surface area contributed by atoms with Crippen molar-refractivity contribution in [2.45, 2.75) is 13.8 Å². The van der Waals surface area contributed by atoms with E-state index in [0.717, 1.165) is 13.1 Å². The predicted molar refractivity (Wildman–Crippen MR) is 35.7 cm³/mol. The molecule has 0 aliphatic carbocycles. The molecule has 0 saturated carbocycles. The molecule has 0 unspecified atom stereocenters. The normalized spacial score (nSPS) is 10.5. The number of hydrogen-bond acceptors (Lipinski definition) is 1. The van der Waals surface area contributed by atoms with Gasteiger partial charge in [0.15, 0.2) is 0 Å². The fourth-order valence-electron chi connectivity index (χ4n) is 0.479. The third-order valence-electron chi connectivity index (χ3n) is 0.854. The van der Waals surface area contributed by atoms with Gasteiger partial charge in [0, 0.05) is 13.1 Å². The highest BCUT2D eigenvalue weighted by Gasteiger charge is 1.88. The van der Waals surface area contributed by atoms with Gasteiger partial charge in [-0.1, -0.05) is 13.8 Å². The summed E-state index contributed by atoms with van der Waals surface area (Å²) in [6.45, 7) is 6.69. The molecular weight excluding hydrogens is 100 g/mol. The van der Waals surface area contributed by atoms with Crippen LogP contribution in [0.2, 0.25) is 0 Å². The molecule has 2 nitrogen and oxygen atoms in total. The fraction of sp³-hybridized carbons (Fsp3) is 1.00. The number of nitrogens with one attached hydrogen (secondary N) is 2. The van der Waals surface area contributed by atoms with Crippen molar-refractivity contribution in [3.63, 3.8) is 0 Å². The molecule has 8 heavy (non-hydrogen) atoms. The average molecular weight is 115 g/mol. The summed E-state index contributed by atoms with van der Waals surface area (Å²) < 4.78 is 0. The van der Waals surface area contributed by atoms with E-state index >= 15 is 0 Å². The lowest BCUT2D eigenvalue weighted by molar-refractivity contribution is 0.556. The van der Waals surface area contributed by atoms with E-state index in [4.69, 9.17) is 5.73 Å². The lowest BCUT2D eigenvalue weighted by atomic mass is 10.2. The van der Waals surface area contributed by atoms with E-state index in [9.17, 15) is 0 Å². The smallest absolute Gasteiger partial charge is 0.0225 e. The predicted octanol–water partition coefficient (Wildman–Crippen LogP) is 0.515. The van der Waals surface area contributed by atoms with Gasteiger partial charge in [-0.05, 0) is 12.5 Å². The van der Waals surface area contributed by atoms with Crippen LogP contribution in [0, 0.1) is 5.92 Å². The van der Waals surface area contributed by atoms with Gasteiger partial charge < -0.3 is 5.32 Å². The quantitative estimate of drug-likeness (QED) is 0.532. The first-order chi connectivity index (χ1) is 3.77. The molecule has 49 valence electrons. The molecule has 0 rings (SSSR count). The SMILES string of the molecule is CC(C)CNCC[NH]. The molecule has 0 heterocycles. The van der Waals surface area contributed by atoms with Gasteiger partial charge in [-0.2, -0.15) is 0 Å². The Morgan fingerprint density at radius 2 is 2.12 bits per heavy atom. The molecule has 0 spiro atoms. The van der Waals surface area contributed by atoms with E-state index in [0.29, 0.717) is 12.5 Å². The first-order valence-corrected chi connectivity index (χ1v) is 3.12. The largest absolute Gasteiger partial charge is 0.315 e. The lowest BCUT2D eigenvalue weighted by Crippen LogP contribution is -2.23. The minimum atomic E-state index is 0.493. The standard InChI is InChI=1S/C6H15N2/c1-6(2)5-8-4-3-7/h6-8H,3-5H2,1-2H3. The fourth-order valence-corrected chi connectivity index (χ4v) is 0.479. The van der Waals surface area contributed by atoms with Crippen molar-refractivity contribution in [2.24, 2.45) is 5.92 Å². The summed E-state index contributed by atoms with van der Waals surface area (Å²) in [6, 6.07) is 0. The van der Waals surface area contributed by atoms with Crippen molar-refractivity contribution in [1.82, 2.24) is 11.1 Å². The Hall–Kier alpha value is -0.0800. The molecule has 0 aromatic heterocycles. The van der Waals surface area contributed by atoms with Crippen molar-refractivity contribution in [2.75, 3.05) is 19.6 Å². The zero-order valence-electron chi connectivity index (χ0n) is 5.70. The van der Waals surface area contributed by atoms with E-state index in [2.05, 4.69) is 19.2 Å². The monoisotopic (exact) mass is 115 g/mol. The zero-order chi connectivity index (χ0) is 6.41. The summed E-state index contributed by atoms with van der Waals surface area (Å²) in [4.78, 5) is 0. The molecule has 0 atom stereocenters. The third-order valence-corrected chi connectivity index (χ3v) is 0.854. The third kappa shape index (κ3) is 5.92. The molecule has 0 fully saturated rings. The summed E-state index contributed by atoms with van der Waals surface area (Å²) >= 11 is 0. The van der Waals surface area contributed by atoms with Gasteiger partial charge in [-0.15, -0.1) is 0 Å². The Bertz CT molecular complexity index is 43.8. The van der Waals surface area contributed by atoms with E-state index in [1.54, 1.807) is 0 Å². The zero-order valence-corrected chi connectivity index (χ0v) is 5.70. The summed E-state index contributed by atoms with van der Waals surface area (Å²) in [5.74, 6) is 0.710. The Labute approximate surface area is 51.5 Å². The van der Waals surface area contributed by atoms with E-state index < -0.39 is 0 Å². The Morgan fingerprint density at radius 1 is 1.50 bits per heavy atom. The maximum Gasteiger partial charge on any atom is 0.0225 e. The van der Waals surface area contributed by atoms with Gasteiger partial charge in [0.25, 0.3) is 0 Å². The van der Waals surface area contributed by atoms with Crippen LogP contribution in [0.1, 0.15) is 13.8 Å². The molecule has 0 bridgehead atoms. The molecule has 0 aliphatic heterocycles.